The molecule has 2 fully saturated rings. The van der Waals surface area contributed by atoms with Crippen LogP contribution in [-0.2, 0) is 13.1 Å². The van der Waals surface area contributed by atoms with Gasteiger partial charge in [-0.2, -0.15) is 5.10 Å². The lowest BCUT2D eigenvalue weighted by atomic mass is 9.93. The van der Waals surface area contributed by atoms with Gasteiger partial charge in [0.1, 0.15) is 12.2 Å². The van der Waals surface area contributed by atoms with E-state index in [-0.39, 0.29) is 0 Å². The number of hydrogen-bond acceptors (Lipinski definition) is 3. The number of hydrogen-bond donors (Lipinski definition) is 0. The largest absolute Gasteiger partial charge is 0.296 e. The van der Waals surface area contributed by atoms with Gasteiger partial charge in [-0.05, 0) is 38.1 Å². The van der Waals surface area contributed by atoms with Crippen LogP contribution in [0.3, 0.4) is 0 Å². The molecule has 106 valence electrons. The molecule has 1 aliphatic carbocycles. The first-order valence-corrected chi connectivity index (χ1v) is 7.94. The fraction of sp³-hybridized carbons (Fsp3) is 0.867. The van der Waals surface area contributed by atoms with E-state index in [0.717, 1.165) is 30.7 Å². The molecular formula is C15H26N4. The zero-order valence-corrected chi connectivity index (χ0v) is 12.1. The van der Waals surface area contributed by atoms with Gasteiger partial charge in [0.2, 0.25) is 0 Å². The van der Waals surface area contributed by atoms with Crippen molar-refractivity contribution in [3.8, 4) is 0 Å². The van der Waals surface area contributed by atoms with Gasteiger partial charge < -0.3 is 0 Å². The smallest absolute Gasteiger partial charge is 0.140 e. The van der Waals surface area contributed by atoms with E-state index in [4.69, 9.17) is 0 Å². The predicted octanol–water partition coefficient (Wildman–Crippen LogP) is 2.70. The van der Waals surface area contributed by atoms with Gasteiger partial charge >= 0.3 is 0 Å². The van der Waals surface area contributed by atoms with Crippen LogP contribution in [0.4, 0.5) is 0 Å². The van der Waals surface area contributed by atoms with Crippen LogP contribution >= 0.6 is 0 Å². The summed E-state index contributed by atoms with van der Waals surface area (Å²) < 4.78 is 2.02. The molecule has 1 atom stereocenters. The molecule has 1 saturated carbocycles. The molecule has 1 unspecified atom stereocenters. The van der Waals surface area contributed by atoms with Crippen LogP contribution in [0.1, 0.15) is 51.3 Å². The van der Waals surface area contributed by atoms with Crippen molar-refractivity contribution in [1.82, 2.24) is 19.7 Å². The summed E-state index contributed by atoms with van der Waals surface area (Å²) in [6.07, 6.45) is 10.5. The Morgan fingerprint density at radius 3 is 2.84 bits per heavy atom. The topological polar surface area (TPSA) is 34.0 Å². The van der Waals surface area contributed by atoms with Crippen LogP contribution in [0.15, 0.2) is 6.33 Å². The summed E-state index contributed by atoms with van der Waals surface area (Å²) in [5, 5.41) is 4.26. The van der Waals surface area contributed by atoms with Gasteiger partial charge in [0, 0.05) is 13.1 Å². The van der Waals surface area contributed by atoms with Crippen LogP contribution < -0.4 is 0 Å². The second-order valence-corrected chi connectivity index (χ2v) is 6.27. The zero-order chi connectivity index (χ0) is 13.1. The van der Waals surface area contributed by atoms with Gasteiger partial charge in [0.25, 0.3) is 0 Å². The Kier molecular flexibility index (Phi) is 4.16. The quantitative estimate of drug-likeness (QED) is 0.818. The van der Waals surface area contributed by atoms with E-state index in [1.54, 1.807) is 6.33 Å². The van der Waals surface area contributed by atoms with E-state index >= 15 is 0 Å². The lowest BCUT2D eigenvalue weighted by Crippen LogP contribution is -2.23. The fourth-order valence-corrected chi connectivity index (χ4v) is 3.84. The number of rotatable bonds is 5. The van der Waals surface area contributed by atoms with Crippen molar-refractivity contribution in [2.75, 3.05) is 13.1 Å². The van der Waals surface area contributed by atoms with Crippen molar-refractivity contribution in [3.63, 3.8) is 0 Å². The van der Waals surface area contributed by atoms with Crippen LogP contribution in [0.25, 0.3) is 0 Å². The third-order valence-corrected chi connectivity index (χ3v) is 4.87. The molecule has 1 aliphatic heterocycles. The minimum Gasteiger partial charge on any atom is -0.296 e. The molecule has 0 N–H and O–H groups in total. The van der Waals surface area contributed by atoms with E-state index in [1.165, 1.54) is 51.6 Å². The molecule has 0 aromatic carbocycles. The minimum absolute atomic E-state index is 0.925. The van der Waals surface area contributed by atoms with Gasteiger partial charge in [-0.25, -0.2) is 9.67 Å². The molecule has 4 heteroatoms. The predicted molar refractivity (Wildman–Crippen MR) is 75.7 cm³/mol. The van der Waals surface area contributed by atoms with Crippen molar-refractivity contribution in [2.24, 2.45) is 11.8 Å². The average molecular weight is 262 g/mol. The highest BCUT2D eigenvalue weighted by Crippen LogP contribution is 2.33. The normalized spacial score (nSPS) is 25.4. The Morgan fingerprint density at radius 2 is 2.05 bits per heavy atom. The maximum absolute atomic E-state index is 4.39. The average Bonchev–Trinajstić information content (AvgIpc) is 3.13. The maximum Gasteiger partial charge on any atom is 0.140 e. The van der Waals surface area contributed by atoms with Crippen molar-refractivity contribution >= 4 is 0 Å². The second kappa shape index (κ2) is 6.04. The highest BCUT2D eigenvalue weighted by molar-refractivity contribution is 4.88. The van der Waals surface area contributed by atoms with Crippen LogP contribution in [0.5, 0.6) is 0 Å². The van der Waals surface area contributed by atoms with Gasteiger partial charge in [0.05, 0.1) is 6.54 Å². The Hall–Kier alpha value is -0.900. The minimum atomic E-state index is 0.925. The molecule has 1 saturated heterocycles. The summed E-state index contributed by atoms with van der Waals surface area (Å²) in [7, 11) is 0. The molecule has 2 heterocycles. The number of nitrogens with zero attached hydrogens (tertiary/aromatic N) is 4. The van der Waals surface area contributed by atoms with Gasteiger partial charge in [-0.3, -0.25) is 4.90 Å². The Morgan fingerprint density at radius 1 is 1.21 bits per heavy atom. The zero-order valence-electron chi connectivity index (χ0n) is 12.1. The van der Waals surface area contributed by atoms with Crippen molar-refractivity contribution in [3.05, 3.63) is 12.2 Å². The van der Waals surface area contributed by atoms with Crippen LogP contribution in [0.2, 0.25) is 0 Å². The van der Waals surface area contributed by atoms with Gasteiger partial charge in [-0.1, -0.05) is 25.7 Å². The summed E-state index contributed by atoms with van der Waals surface area (Å²) in [5.41, 5.74) is 0. The first kappa shape index (κ1) is 13.1. The molecule has 4 nitrogen and oxygen atoms in total. The lowest BCUT2D eigenvalue weighted by molar-refractivity contribution is 0.288. The van der Waals surface area contributed by atoms with E-state index < -0.39 is 0 Å². The number of likely N-dealkylation sites (tertiary alicyclic amines) is 1. The second-order valence-electron chi connectivity index (χ2n) is 6.27. The molecule has 19 heavy (non-hydrogen) atoms. The third-order valence-electron chi connectivity index (χ3n) is 4.87. The molecule has 0 amide bonds. The van der Waals surface area contributed by atoms with Gasteiger partial charge in [-0.15, -0.1) is 0 Å². The SMILES string of the molecule is CCn1ncnc1CN1CCC(CC2CCCC2)C1. The highest BCUT2D eigenvalue weighted by Gasteiger charge is 2.27. The van der Waals surface area contributed by atoms with Crippen molar-refractivity contribution < 1.29 is 0 Å². The van der Waals surface area contributed by atoms with E-state index in [1.807, 2.05) is 4.68 Å². The van der Waals surface area contributed by atoms with Crippen molar-refractivity contribution in [1.29, 1.82) is 0 Å². The van der Waals surface area contributed by atoms with E-state index in [9.17, 15) is 0 Å². The molecule has 1 aromatic rings. The number of aryl methyl sites for hydroxylation is 1. The lowest BCUT2D eigenvalue weighted by Gasteiger charge is -2.17. The third kappa shape index (κ3) is 3.16. The van der Waals surface area contributed by atoms with E-state index in [2.05, 4.69) is 21.9 Å². The molecule has 0 bridgehead atoms. The number of aromatic nitrogens is 3. The fourth-order valence-electron chi connectivity index (χ4n) is 3.84. The Balaban J connectivity index is 1.48. The Labute approximate surface area is 116 Å². The molecule has 0 radical (unpaired) electrons. The first-order chi connectivity index (χ1) is 9.35. The van der Waals surface area contributed by atoms with Crippen LogP contribution in [0, 0.1) is 11.8 Å². The molecule has 1 aromatic heterocycles. The molecule has 2 aliphatic rings. The molecule has 3 rings (SSSR count). The summed E-state index contributed by atoms with van der Waals surface area (Å²) in [6.45, 7) is 6.55. The summed E-state index contributed by atoms with van der Waals surface area (Å²) in [5.74, 6) is 3.09. The standard InChI is InChI=1S/C15H26N4/c1-2-19-15(16-12-17-19)11-18-8-7-14(10-18)9-13-5-3-4-6-13/h12-14H,2-11H2,1H3. The van der Waals surface area contributed by atoms with Crippen LogP contribution in [-0.4, -0.2) is 32.8 Å². The molecular weight excluding hydrogens is 236 g/mol. The Bertz CT molecular complexity index is 395. The first-order valence-electron chi connectivity index (χ1n) is 7.94. The monoisotopic (exact) mass is 262 g/mol. The summed E-state index contributed by atoms with van der Waals surface area (Å²) in [4.78, 5) is 6.95. The summed E-state index contributed by atoms with van der Waals surface area (Å²) >= 11 is 0. The summed E-state index contributed by atoms with van der Waals surface area (Å²) in [6, 6.07) is 0. The van der Waals surface area contributed by atoms with E-state index in [0.29, 0.717) is 0 Å². The maximum atomic E-state index is 4.39. The highest BCUT2D eigenvalue weighted by atomic mass is 15.3. The van der Waals surface area contributed by atoms with Gasteiger partial charge in [0.15, 0.2) is 0 Å². The van der Waals surface area contributed by atoms with Crippen molar-refractivity contribution in [2.45, 2.75) is 58.5 Å². The molecule has 0 spiro atoms.